The van der Waals surface area contributed by atoms with Crippen LogP contribution in [0.5, 0.6) is 11.5 Å². The van der Waals surface area contributed by atoms with Crippen molar-refractivity contribution in [3.63, 3.8) is 0 Å². The van der Waals surface area contributed by atoms with Crippen molar-refractivity contribution < 1.29 is 19.1 Å². The number of ether oxygens (including phenoxy) is 2. The summed E-state index contributed by atoms with van der Waals surface area (Å²) in [4.78, 5) is 29.7. The van der Waals surface area contributed by atoms with Crippen LogP contribution in [-0.4, -0.2) is 56.1 Å². The molecule has 0 aliphatic carbocycles. The molecule has 1 fully saturated rings. The highest BCUT2D eigenvalue weighted by atomic mass is 35.5. The van der Waals surface area contributed by atoms with Gasteiger partial charge in [-0.2, -0.15) is 0 Å². The first-order valence-electron chi connectivity index (χ1n) is 13.1. The number of benzene rings is 3. The molecule has 0 unspecified atom stereocenters. The molecular weight excluding hydrogens is 502 g/mol. The molecule has 7 nitrogen and oxygen atoms in total. The van der Waals surface area contributed by atoms with Crippen molar-refractivity contribution in [3.8, 4) is 11.5 Å². The second kappa shape index (κ2) is 13.2. The molecule has 0 saturated carbocycles. The third kappa shape index (κ3) is 6.98. The van der Waals surface area contributed by atoms with Crippen molar-refractivity contribution in [3.05, 3.63) is 82.9 Å². The zero-order valence-corrected chi connectivity index (χ0v) is 22.7. The highest BCUT2D eigenvalue weighted by Crippen LogP contribution is 2.30. The van der Waals surface area contributed by atoms with E-state index < -0.39 is 0 Å². The minimum Gasteiger partial charge on any atom is -0.494 e. The maximum atomic E-state index is 13.0. The molecule has 0 spiro atoms. The van der Waals surface area contributed by atoms with Gasteiger partial charge < -0.3 is 24.6 Å². The van der Waals surface area contributed by atoms with Gasteiger partial charge in [-0.1, -0.05) is 31.5 Å². The Labute approximate surface area is 229 Å². The van der Waals surface area contributed by atoms with Gasteiger partial charge in [0.15, 0.2) is 0 Å². The van der Waals surface area contributed by atoms with Crippen molar-refractivity contribution in [2.75, 3.05) is 49.6 Å². The average Bonchev–Trinajstić information content (AvgIpc) is 2.95. The Kier molecular flexibility index (Phi) is 9.49. The maximum absolute atomic E-state index is 13.0. The Balaban J connectivity index is 1.32. The Morgan fingerprint density at radius 3 is 2.16 bits per heavy atom. The molecule has 3 aromatic rings. The molecule has 3 aromatic carbocycles. The van der Waals surface area contributed by atoms with E-state index in [-0.39, 0.29) is 11.8 Å². The fourth-order valence-corrected chi connectivity index (χ4v) is 4.54. The number of piperazine rings is 1. The molecule has 1 heterocycles. The summed E-state index contributed by atoms with van der Waals surface area (Å²) in [7, 11) is 0. The van der Waals surface area contributed by atoms with E-state index in [2.05, 4.69) is 17.1 Å². The number of hydrogen-bond donors (Lipinski definition) is 1. The molecule has 8 heteroatoms. The average molecular weight is 536 g/mol. The summed E-state index contributed by atoms with van der Waals surface area (Å²) in [5.41, 5.74) is 2.67. The number of anilines is 2. The number of nitrogens with zero attached hydrogens (tertiary/aromatic N) is 2. The molecule has 1 saturated heterocycles. The number of nitrogens with one attached hydrogen (secondary N) is 1. The summed E-state index contributed by atoms with van der Waals surface area (Å²) >= 11 is 6.62. The predicted octanol–water partition coefficient (Wildman–Crippen LogP) is 6.13. The predicted molar refractivity (Wildman–Crippen MR) is 152 cm³/mol. The SMILES string of the molecule is CCCOc1ccc(C(=O)N2CCN(c3ccc(NC(=O)c4cccc(OCCC)c4)cc3Cl)CC2)cc1. The molecule has 38 heavy (non-hydrogen) atoms. The maximum Gasteiger partial charge on any atom is 0.255 e. The van der Waals surface area contributed by atoms with E-state index in [0.29, 0.717) is 67.0 Å². The van der Waals surface area contributed by atoms with E-state index in [0.717, 1.165) is 24.3 Å². The van der Waals surface area contributed by atoms with Crippen LogP contribution in [0.2, 0.25) is 5.02 Å². The molecule has 0 aromatic heterocycles. The molecule has 1 aliphatic rings. The van der Waals surface area contributed by atoms with Crippen LogP contribution in [0.15, 0.2) is 66.7 Å². The zero-order valence-electron chi connectivity index (χ0n) is 21.9. The number of carbonyl (C=O) groups is 2. The lowest BCUT2D eigenvalue weighted by molar-refractivity contribution is 0.0746. The van der Waals surface area contributed by atoms with Gasteiger partial charge in [0.25, 0.3) is 11.8 Å². The van der Waals surface area contributed by atoms with Gasteiger partial charge in [0.2, 0.25) is 0 Å². The highest BCUT2D eigenvalue weighted by Gasteiger charge is 2.23. The molecule has 1 N–H and O–H groups in total. The Bertz CT molecular complexity index is 1240. The van der Waals surface area contributed by atoms with Gasteiger partial charge in [-0.3, -0.25) is 9.59 Å². The van der Waals surface area contributed by atoms with E-state index in [1.807, 2.05) is 54.3 Å². The molecule has 2 amide bonds. The third-order valence-corrected chi connectivity index (χ3v) is 6.56. The van der Waals surface area contributed by atoms with Gasteiger partial charge >= 0.3 is 0 Å². The first-order chi connectivity index (χ1) is 18.5. The minimum absolute atomic E-state index is 0.0139. The summed E-state index contributed by atoms with van der Waals surface area (Å²) in [6, 6.07) is 20.0. The Hall–Kier alpha value is -3.71. The van der Waals surface area contributed by atoms with E-state index in [9.17, 15) is 9.59 Å². The molecule has 1 aliphatic heterocycles. The van der Waals surface area contributed by atoms with Gasteiger partial charge in [-0.05, 0) is 73.5 Å². The van der Waals surface area contributed by atoms with E-state index in [1.165, 1.54) is 0 Å². The van der Waals surface area contributed by atoms with Crippen LogP contribution in [0.1, 0.15) is 47.4 Å². The Morgan fingerprint density at radius 1 is 0.816 bits per heavy atom. The molecular formula is C30H34ClN3O4. The second-order valence-corrected chi connectivity index (χ2v) is 9.56. The monoisotopic (exact) mass is 535 g/mol. The van der Waals surface area contributed by atoms with E-state index in [4.69, 9.17) is 21.1 Å². The van der Waals surface area contributed by atoms with Crippen LogP contribution in [0, 0.1) is 0 Å². The summed E-state index contributed by atoms with van der Waals surface area (Å²) < 4.78 is 11.2. The van der Waals surface area contributed by atoms with Crippen molar-refractivity contribution >= 4 is 34.8 Å². The highest BCUT2D eigenvalue weighted by molar-refractivity contribution is 6.33. The van der Waals surface area contributed by atoms with E-state index in [1.54, 1.807) is 24.3 Å². The summed E-state index contributed by atoms with van der Waals surface area (Å²) in [5.74, 6) is 1.23. The first-order valence-corrected chi connectivity index (χ1v) is 13.5. The quantitative estimate of drug-likeness (QED) is 0.338. The molecule has 4 rings (SSSR count). The van der Waals surface area contributed by atoms with Crippen molar-refractivity contribution in [1.82, 2.24) is 4.90 Å². The zero-order chi connectivity index (χ0) is 26.9. The van der Waals surface area contributed by atoms with Gasteiger partial charge in [-0.15, -0.1) is 0 Å². The number of hydrogen-bond acceptors (Lipinski definition) is 5. The van der Waals surface area contributed by atoms with Crippen molar-refractivity contribution in [2.24, 2.45) is 0 Å². The fourth-order valence-electron chi connectivity index (χ4n) is 4.24. The topological polar surface area (TPSA) is 71.1 Å². The van der Waals surface area contributed by atoms with Crippen molar-refractivity contribution in [2.45, 2.75) is 26.7 Å². The van der Waals surface area contributed by atoms with E-state index >= 15 is 0 Å². The standard InChI is InChI=1S/C30H34ClN3O4/c1-3-18-37-25-11-8-22(9-12-25)30(36)34-16-14-33(15-17-34)28-13-10-24(21-27(28)31)32-29(35)23-6-5-7-26(20-23)38-19-4-2/h5-13,20-21H,3-4,14-19H2,1-2H3,(H,32,35). The lowest BCUT2D eigenvalue weighted by Gasteiger charge is -2.36. The van der Waals surface area contributed by atoms with Crippen molar-refractivity contribution in [1.29, 1.82) is 0 Å². The fraction of sp³-hybridized carbons (Fsp3) is 0.333. The van der Waals surface area contributed by atoms with Crippen LogP contribution in [0.3, 0.4) is 0 Å². The molecule has 0 radical (unpaired) electrons. The second-order valence-electron chi connectivity index (χ2n) is 9.15. The Morgan fingerprint density at radius 2 is 1.50 bits per heavy atom. The van der Waals surface area contributed by atoms with Crippen LogP contribution >= 0.6 is 11.6 Å². The number of amides is 2. The van der Waals surface area contributed by atoms with Gasteiger partial charge in [0.1, 0.15) is 11.5 Å². The smallest absolute Gasteiger partial charge is 0.255 e. The van der Waals surface area contributed by atoms with Gasteiger partial charge in [0.05, 0.1) is 23.9 Å². The molecule has 0 atom stereocenters. The van der Waals surface area contributed by atoms with Gasteiger partial charge in [-0.25, -0.2) is 0 Å². The van der Waals surface area contributed by atoms with Crippen LogP contribution in [0.25, 0.3) is 0 Å². The summed E-state index contributed by atoms with van der Waals surface area (Å²) in [6.45, 7) is 7.88. The number of rotatable bonds is 10. The number of halogens is 1. The molecule has 200 valence electrons. The first kappa shape index (κ1) is 27.3. The third-order valence-electron chi connectivity index (χ3n) is 6.26. The summed E-state index contributed by atoms with van der Waals surface area (Å²) in [6.07, 6.45) is 1.84. The van der Waals surface area contributed by atoms with Crippen LogP contribution in [0.4, 0.5) is 11.4 Å². The van der Waals surface area contributed by atoms with Crippen LogP contribution < -0.4 is 19.7 Å². The lowest BCUT2D eigenvalue weighted by atomic mass is 10.1. The minimum atomic E-state index is -0.229. The number of carbonyl (C=O) groups excluding carboxylic acids is 2. The van der Waals surface area contributed by atoms with Gasteiger partial charge in [0, 0.05) is 43.0 Å². The molecule has 0 bridgehead atoms. The largest absolute Gasteiger partial charge is 0.494 e. The lowest BCUT2D eigenvalue weighted by Crippen LogP contribution is -2.48. The van der Waals surface area contributed by atoms with Crippen LogP contribution in [-0.2, 0) is 0 Å². The summed E-state index contributed by atoms with van der Waals surface area (Å²) in [5, 5.41) is 3.46. The normalized spacial score (nSPS) is 13.2.